The Morgan fingerprint density at radius 2 is 2.07 bits per heavy atom. The Morgan fingerprint density at radius 1 is 1.50 bits per heavy atom. The van der Waals surface area contributed by atoms with Crippen molar-refractivity contribution in [1.82, 2.24) is 9.03 Å². The highest BCUT2D eigenvalue weighted by Crippen LogP contribution is 2.24. The van der Waals surface area contributed by atoms with Gasteiger partial charge >= 0.3 is 0 Å². The summed E-state index contributed by atoms with van der Waals surface area (Å²) in [6, 6.07) is 1.90. The molecule has 1 aliphatic carbocycles. The molecule has 1 N–H and O–H groups in total. The Balaban J connectivity index is 2.78. The summed E-state index contributed by atoms with van der Waals surface area (Å²) in [6.45, 7) is -0.0617. The molecule has 14 heavy (non-hydrogen) atoms. The van der Waals surface area contributed by atoms with E-state index in [9.17, 15) is 8.42 Å². The number of nitrogens with one attached hydrogen (secondary N) is 1. The lowest BCUT2D eigenvalue weighted by Crippen LogP contribution is -2.44. The second-order valence-electron chi connectivity index (χ2n) is 3.35. The number of hydrogen-bond acceptors (Lipinski definition) is 3. The van der Waals surface area contributed by atoms with Gasteiger partial charge in [0.1, 0.15) is 6.54 Å². The summed E-state index contributed by atoms with van der Waals surface area (Å²) < 4.78 is 26.6. The van der Waals surface area contributed by atoms with Crippen molar-refractivity contribution in [2.24, 2.45) is 0 Å². The SMILES string of the molecule is CNS(=O)(=O)N(CC#N)C1CCCC1. The number of rotatable bonds is 4. The molecule has 0 saturated heterocycles. The number of hydrogen-bond donors (Lipinski definition) is 1. The molecule has 1 rings (SSSR count). The minimum atomic E-state index is -3.45. The monoisotopic (exact) mass is 217 g/mol. The zero-order valence-electron chi connectivity index (χ0n) is 8.23. The first-order valence-electron chi connectivity index (χ1n) is 4.69. The van der Waals surface area contributed by atoms with Gasteiger partial charge in [0.05, 0.1) is 6.07 Å². The van der Waals surface area contributed by atoms with Gasteiger partial charge < -0.3 is 0 Å². The third kappa shape index (κ3) is 2.44. The van der Waals surface area contributed by atoms with Gasteiger partial charge in [-0.1, -0.05) is 12.8 Å². The Bertz CT molecular complexity index is 314. The highest BCUT2D eigenvalue weighted by Gasteiger charge is 2.30. The molecule has 0 bridgehead atoms. The first-order valence-corrected chi connectivity index (χ1v) is 6.13. The molecule has 0 aromatic rings. The van der Waals surface area contributed by atoms with Crippen molar-refractivity contribution < 1.29 is 8.42 Å². The normalized spacial score (nSPS) is 18.6. The summed E-state index contributed by atoms with van der Waals surface area (Å²) in [4.78, 5) is 0. The average molecular weight is 217 g/mol. The van der Waals surface area contributed by atoms with E-state index in [0.29, 0.717) is 0 Å². The van der Waals surface area contributed by atoms with Crippen LogP contribution in [0.1, 0.15) is 25.7 Å². The molecule has 0 aromatic heterocycles. The van der Waals surface area contributed by atoms with E-state index in [2.05, 4.69) is 4.72 Å². The smallest absolute Gasteiger partial charge is 0.205 e. The molecular formula is C8H15N3O2S. The van der Waals surface area contributed by atoms with Crippen molar-refractivity contribution in [2.75, 3.05) is 13.6 Å². The first-order chi connectivity index (χ1) is 6.61. The van der Waals surface area contributed by atoms with E-state index in [1.165, 1.54) is 11.4 Å². The maximum absolute atomic E-state index is 11.5. The zero-order valence-corrected chi connectivity index (χ0v) is 9.05. The molecule has 6 heteroatoms. The Labute approximate surface area is 84.9 Å². The lowest BCUT2D eigenvalue weighted by atomic mass is 10.2. The summed E-state index contributed by atoms with van der Waals surface area (Å²) in [6.07, 6.45) is 3.82. The van der Waals surface area contributed by atoms with E-state index in [0.717, 1.165) is 25.7 Å². The van der Waals surface area contributed by atoms with Crippen LogP contribution < -0.4 is 4.72 Å². The molecule has 0 heterocycles. The molecule has 80 valence electrons. The molecule has 0 spiro atoms. The Morgan fingerprint density at radius 3 is 2.50 bits per heavy atom. The second kappa shape index (κ2) is 4.73. The van der Waals surface area contributed by atoms with Gasteiger partial charge in [-0.2, -0.15) is 18.0 Å². The molecule has 1 fully saturated rings. The fourth-order valence-electron chi connectivity index (χ4n) is 1.79. The summed E-state index contributed by atoms with van der Waals surface area (Å²) in [7, 11) is -2.08. The standard InChI is InChI=1S/C8H15N3O2S/c1-10-14(12,13)11(7-6-9)8-4-2-3-5-8/h8,10H,2-5,7H2,1H3. The fraction of sp³-hybridized carbons (Fsp3) is 0.875. The van der Waals surface area contributed by atoms with Gasteiger partial charge in [0, 0.05) is 13.1 Å². The van der Waals surface area contributed by atoms with Crippen LogP contribution in [0.5, 0.6) is 0 Å². The quantitative estimate of drug-likeness (QED) is 0.684. The van der Waals surface area contributed by atoms with Crippen LogP contribution in [-0.4, -0.2) is 32.4 Å². The molecule has 0 radical (unpaired) electrons. The van der Waals surface area contributed by atoms with Crippen molar-refractivity contribution in [2.45, 2.75) is 31.7 Å². The third-order valence-electron chi connectivity index (χ3n) is 2.53. The molecule has 0 atom stereocenters. The van der Waals surface area contributed by atoms with Gasteiger partial charge in [-0.15, -0.1) is 0 Å². The van der Waals surface area contributed by atoms with Crippen LogP contribution in [-0.2, 0) is 10.2 Å². The Kier molecular flexibility index (Phi) is 3.86. The van der Waals surface area contributed by atoms with Gasteiger partial charge in [-0.25, -0.2) is 4.72 Å². The molecule has 0 aliphatic heterocycles. The van der Waals surface area contributed by atoms with E-state index in [4.69, 9.17) is 5.26 Å². The van der Waals surface area contributed by atoms with Crippen LogP contribution in [0.3, 0.4) is 0 Å². The van der Waals surface area contributed by atoms with Crippen LogP contribution in [0, 0.1) is 11.3 Å². The molecule has 1 saturated carbocycles. The average Bonchev–Trinajstić information content (AvgIpc) is 2.66. The molecular weight excluding hydrogens is 202 g/mol. The van der Waals surface area contributed by atoms with Crippen LogP contribution in [0.2, 0.25) is 0 Å². The van der Waals surface area contributed by atoms with Crippen LogP contribution in [0.25, 0.3) is 0 Å². The first kappa shape index (κ1) is 11.4. The van der Waals surface area contributed by atoms with Gasteiger partial charge in [-0.05, 0) is 12.8 Å². The molecule has 0 amide bonds. The summed E-state index contributed by atoms with van der Waals surface area (Å²) >= 11 is 0. The maximum Gasteiger partial charge on any atom is 0.280 e. The van der Waals surface area contributed by atoms with E-state index in [-0.39, 0.29) is 12.6 Å². The lowest BCUT2D eigenvalue weighted by Gasteiger charge is -2.24. The predicted molar refractivity (Wildman–Crippen MR) is 52.6 cm³/mol. The molecule has 0 aromatic carbocycles. The van der Waals surface area contributed by atoms with E-state index in [1.54, 1.807) is 0 Å². The second-order valence-corrected chi connectivity index (χ2v) is 5.18. The predicted octanol–water partition coefficient (Wildman–Crippen LogP) is 0.219. The lowest BCUT2D eigenvalue weighted by molar-refractivity contribution is 0.346. The minimum absolute atomic E-state index is 0.00657. The minimum Gasteiger partial charge on any atom is -0.205 e. The van der Waals surface area contributed by atoms with E-state index in [1.807, 2.05) is 6.07 Å². The van der Waals surface area contributed by atoms with Crippen LogP contribution in [0.15, 0.2) is 0 Å². The number of nitriles is 1. The topological polar surface area (TPSA) is 73.2 Å². The summed E-state index contributed by atoms with van der Waals surface area (Å²) in [5, 5.41) is 8.57. The highest BCUT2D eigenvalue weighted by atomic mass is 32.2. The Hall–Kier alpha value is -0.640. The van der Waals surface area contributed by atoms with E-state index < -0.39 is 10.2 Å². The van der Waals surface area contributed by atoms with Crippen molar-refractivity contribution >= 4 is 10.2 Å². The van der Waals surface area contributed by atoms with Crippen molar-refractivity contribution in [1.29, 1.82) is 5.26 Å². The molecule has 0 unspecified atom stereocenters. The van der Waals surface area contributed by atoms with Crippen molar-refractivity contribution in [3.05, 3.63) is 0 Å². The van der Waals surface area contributed by atoms with Gasteiger partial charge in [0.2, 0.25) is 0 Å². The number of nitrogens with zero attached hydrogens (tertiary/aromatic N) is 2. The van der Waals surface area contributed by atoms with Gasteiger partial charge in [0.25, 0.3) is 10.2 Å². The third-order valence-corrected chi connectivity index (χ3v) is 4.09. The van der Waals surface area contributed by atoms with Crippen LogP contribution in [0.4, 0.5) is 0 Å². The van der Waals surface area contributed by atoms with E-state index >= 15 is 0 Å². The van der Waals surface area contributed by atoms with Gasteiger partial charge in [-0.3, -0.25) is 0 Å². The van der Waals surface area contributed by atoms with Crippen molar-refractivity contribution in [3.63, 3.8) is 0 Å². The summed E-state index contributed by atoms with van der Waals surface area (Å²) in [5.74, 6) is 0. The summed E-state index contributed by atoms with van der Waals surface area (Å²) in [5.41, 5.74) is 0. The van der Waals surface area contributed by atoms with Crippen LogP contribution >= 0.6 is 0 Å². The highest BCUT2D eigenvalue weighted by molar-refractivity contribution is 7.87. The molecule has 5 nitrogen and oxygen atoms in total. The maximum atomic E-state index is 11.5. The zero-order chi connectivity index (χ0) is 10.6. The largest absolute Gasteiger partial charge is 0.280 e. The van der Waals surface area contributed by atoms with Crippen molar-refractivity contribution in [3.8, 4) is 6.07 Å². The van der Waals surface area contributed by atoms with Gasteiger partial charge in [0.15, 0.2) is 0 Å². The fourth-order valence-corrected chi connectivity index (χ4v) is 2.86. The molecule has 1 aliphatic rings.